The lowest BCUT2D eigenvalue weighted by Crippen LogP contribution is -2.14. The third-order valence-electron chi connectivity index (χ3n) is 2.59. The average molecular weight is 302 g/mol. The number of benzene rings is 1. The van der Waals surface area contributed by atoms with Crippen LogP contribution in [0.1, 0.15) is 11.5 Å². The molecule has 0 atom stereocenters. The summed E-state index contributed by atoms with van der Waals surface area (Å²) in [4.78, 5) is -0.137. The second-order valence-corrected chi connectivity index (χ2v) is 5.72. The first-order valence-corrected chi connectivity index (χ1v) is 7.09. The Morgan fingerprint density at radius 2 is 2.00 bits per heavy atom. The number of rotatable bonds is 4. The number of sulfonamides is 1. The van der Waals surface area contributed by atoms with Crippen molar-refractivity contribution in [2.75, 3.05) is 4.72 Å². The number of nitrogens with two attached hydrogens (primary N) is 1. The van der Waals surface area contributed by atoms with Gasteiger partial charge in [-0.1, -0.05) is 0 Å². The molecule has 5 nitrogen and oxygen atoms in total. The van der Waals surface area contributed by atoms with Crippen molar-refractivity contribution in [3.8, 4) is 0 Å². The molecule has 1 aromatic heterocycles. The van der Waals surface area contributed by atoms with Crippen LogP contribution in [0.5, 0.6) is 0 Å². The Bertz CT molecular complexity index is 741. The minimum absolute atomic E-state index is 0.0429. The fourth-order valence-corrected chi connectivity index (χ4v) is 2.94. The number of halogens is 2. The lowest BCUT2D eigenvalue weighted by atomic mass is 10.3. The van der Waals surface area contributed by atoms with E-state index >= 15 is 0 Å². The fourth-order valence-electron chi connectivity index (χ4n) is 1.66. The zero-order chi connectivity index (χ0) is 14.9. The Kier molecular flexibility index (Phi) is 3.78. The molecule has 2 rings (SSSR count). The normalized spacial score (nSPS) is 11.6. The van der Waals surface area contributed by atoms with Gasteiger partial charge in [-0.05, 0) is 19.1 Å². The molecule has 0 radical (unpaired) electrons. The highest BCUT2D eigenvalue weighted by Crippen LogP contribution is 2.24. The van der Waals surface area contributed by atoms with Crippen molar-refractivity contribution in [3.05, 3.63) is 47.4 Å². The van der Waals surface area contributed by atoms with Crippen molar-refractivity contribution < 1.29 is 21.6 Å². The molecular weight excluding hydrogens is 290 g/mol. The van der Waals surface area contributed by atoms with Gasteiger partial charge in [-0.3, -0.25) is 4.72 Å². The van der Waals surface area contributed by atoms with E-state index < -0.39 is 21.7 Å². The summed E-state index contributed by atoms with van der Waals surface area (Å²) in [5, 5.41) is 0. The Morgan fingerprint density at radius 3 is 2.55 bits per heavy atom. The van der Waals surface area contributed by atoms with Crippen molar-refractivity contribution >= 4 is 15.7 Å². The molecule has 0 amide bonds. The molecule has 0 fully saturated rings. The maximum atomic E-state index is 13.5. The first-order valence-electron chi connectivity index (χ1n) is 5.60. The maximum Gasteiger partial charge on any atom is 0.265 e. The maximum absolute atomic E-state index is 13.5. The zero-order valence-corrected chi connectivity index (χ0v) is 11.3. The Hall–Kier alpha value is -1.93. The molecule has 0 aliphatic carbocycles. The van der Waals surface area contributed by atoms with Gasteiger partial charge in [-0.25, -0.2) is 17.2 Å². The van der Waals surface area contributed by atoms with E-state index in [4.69, 9.17) is 10.2 Å². The Balaban J connectivity index is 2.38. The van der Waals surface area contributed by atoms with Crippen LogP contribution < -0.4 is 10.5 Å². The molecule has 0 saturated heterocycles. The summed E-state index contributed by atoms with van der Waals surface area (Å²) in [5.74, 6) is -1.37. The van der Waals surface area contributed by atoms with Gasteiger partial charge in [0.15, 0.2) is 0 Å². The van der Waals surface area contributed by atoms with E-state index in [2.05, 4.69) is 0 Å². The summed E-state index contributed by atoms with van der Waals surface area (Å²) < 4.78 is 57.6. The standard InChI is InChI=1S/C12H12F2N2O3S/c1-7-12(5-9(6-15)19-7)20(17,18)16-11-3-2-8(13)4-10(11)14/h2-5,16H,6,15H2,1H3. The van der Waals surface area contributed by atoms with Crippen LogP contribution in [0.4, 0.5) is 14.5 Å². The van der Waals surface area contributed by atoms with Gasteiger partial charge < -0.3 is 10.2 Å². The topological polar surface area (TPSA) is 85.3 Å². The summed E-state index contributed by atoms with van der Waals surface area (Å²) in [6, 6.07) is 3.81. The van der Waals surface area contributed by atoms with E-state index in [1.54, 1.807) is 0 Å². The predicted octanol–water partition coefficient (Wildman–Crippen LogP) is 2.13. The number of anilines is 1. The lowest BCUT2D eigenvalue weighted by molar-refractivity contribution is 0.479. The quantitative estimate of drug-likeness (QED) is 0.906. The van der Waals surface area contributed by atoms with Gasteiger partial charge in [0, 0.05) is 12.1 Å². The SMILES string of the molecule is Cc1oc(CN)cc1S(=O)(=O)Nc1ccc(F)cc1F. The number of aryl methyl sites for hydroxylation is 1. The number of furan rings is 1. The van der Waals surface area contributed by atoms with E-state index in [9.17, 15) is 17.2 Å². The van der Waals surface area contributed by atoms with Gasteiger partial charge in [0.25, 0.3) is 10.0 Å². The third kappa shape index (κ3) is 2.81. The number of hydrogen-bond donors (Lipinski definition) is 2. The summed E-state index contributed by atoms with van der Waals surface area (Å²) in [7, 11) is -4.03. The summed E-state index contributed by atoms with van der Waals surface area (Å²) >= 11 is 0. The van der Waals surface area contributed by atoms with Crippen molar-refractivity contribution in [3.63, 3.8) is 0 Å². The molecule has 0 aliphatic rings. The molecule has 108 valence electrons. The molecule has 1 heterocycles. The molecule has 20 heavy (non-hydrogen) atoms. The summed E-state index contributed by atoms with van der Waals surface area (Å²) in [6.07, 6.45) is 0. The minimum Gasteiger partial charge on any atom is -0.464 e. The van der Waals surface area contributed by atoms with Crippen LogP contribution in [0, 0.1) is 18.6 Å². The van der Waals surface area contributed by atoms with Gasteiger partial charge >= 0.3 is 0 Å². The van der Waals surface area contributed by atoms with E-state index in [1.807, 2.05) is 4.72 Å². The predicted molar refractivity (Wildman–Crippen MR) is 68.5 cm³/mol. The first kappa shape index (κ1) is 14.5. The molecular formula is C12H12F2N2O3S. The van der Waals surface area contributed by atoms with Crippen molar-refractivity contribution in [2.24, 2.45) is 5.73 Å². The zero-order valence-electron chi connectivity index (χ0n) is 10.5. The molecule has 0 bridgehead atoms. The highest BCUT2D eigenvalue weighted by atomic mass is 32.2. The first-order chi connectivity index (χ1) is 9.33. The minimum atomic E-state index is -4.03. The molecule has 3 N–H and O–H groups in total. The summed E-state index contributed by atoms with van der Waals surface area (Å²) in [5.41, 5.74) is 5.01. The Morgan fingerprint density at radius 1 is 1.30 bits per heavy atom. The van der Waals surface area contributed by atoms with Gasteiger partial charge in [-0.15, -0.1) is 0 Å². The number of nitrogens with one attached hydrogen (secondary N) is 1. The molecule has 0 spiro atoms. The highest BCUT2D eigenvalue weighted by molar-refractivity contribution is 7.92. The van der Waals surface area contributed by atoms with Crippen LogP contribution in [-0.2, 0) is 16.6 Å². The largest absolute Gasteiger partial charge is 0.464 e. The number of hydrogen-bond acceptors (Lipinski definition) is 4. The van der Waals surface area contributed by atoms with Gasteiger partial charge in [0.05, 0.1) is 12.2 Å². The van der Waals surface area contributed by atoms with E-state index in [0.717, 1.165) is 12.1 Å². The third-order valence-corrected chi connectivity index (χ3v) is 4.06. The Labute approximate surface area is 114 Å². The summed E-state index contributed by atoms with van der Waals surface area (Å²) in [6.45, 7) is 1.50. The second-order valence-electron chi connectivity index (χ2n) is 4.07. The van der Waals surface area contributed by atoms with Gasteiger partial charge in [0.2, 0.25) is 0 Å². The van der Waals surface area contributed by atoms with E-state index in [0.29, 0.717) is 11.8 Å². The molecule has 2 aromatic rings. The van der Waals surface area contributed by atoms with Crippen LogP contribution in [0.2, 0.25) is 0 Å². The molecule has 8 heteroatoms. The van der Waals surface area contributed by atoms with Crippen molar-refractivity contribution in [2.45, 2.75) is 18.4 Å². The van der Waals surface area contributed by atoms with E-state index in [1.165, 1.54) is 13.0 Å². The van der Waals surface area contributed by atoms with Gasteiger partial charge in [0.1, 0.15) is 28.1 Å². The van der Waals surface area contributed by atoms with Gasteiger partial charge in [-0.2, -0.15) is 0 Å². The van der Waals surface area contributed by atoms with Crippen molar-refractivity contribution in [1.29, 1.82) is 0 Å². The van der Waals surface area contributed by atoms with E-state index in [-0.39, 0.29) is 22.9 Å². The van der Waals surface area contributed by atoms with Crippen molar-refractivity contribution in [1.82, 2.24) is 0 Å². The fraction of sp³-hybridized carbons (Fsp3) is 0.167. The molecule has 0 aliphatic heterocycles. The van der Waals surface area contributed by atoms with Crippen LogP contribution in [0.15, 0.2) is 33.6 Å². The van der Waals surface area contributed by atoms with Crippen LogP contribution in [0.3, 0.4) is 0 Å². The monoisotopic (exact) mass is 302 g/mol. The second kappa shape index (κ2) is 5.22. The van der Waals surface area contributed by atoms with Crippen LogP contribution in [0.25, 0.3) is 0 Å². The van der Waals surface area contributed by atoms with Crippen LogP contribution in [-0.4, -0.2) is 8.42 Å². The molecule has 0 unspecified atom stereocenters. The smallest absolute Gasteiger partial charge is 0.265 e. The molecule has 1 aromatic carbocycles. The lowest BCUT2D eigenvalue weighted by Gasteiger charge is -2.07. The molecule has 0 saturated carbocycles. The van der Waals surface area contributed by atoms with Crippen LogP contribution >= 0.6 is 0 Å². The highest BCUT2D eigenvalue weighted by Gasteiger charge is 2.22. The average Bonchev–Trinajstić information content (AvgIpc) is 2.75.